The molecular weight excluding hydrogens is 489 g/mol. The first kappa shape index (κ1) is 23.0. The van der Waals surface area contributed by atoms with E-state index in [0.29, 0.717) is 28.6 Å². The van der Waals surface area contributed by atoms with Gasteiger partial charge < -0.3 is 15.2 Å². The highest BCUT2D eigenvalue weighted by atomic mass is 35.5. The molecule has 2 N–H and O–H groups in total. The van der Waals surface area contributed by atoms with E-state index < -0.39 is 5.97 Å². The molecule has 2 aromatic heterocycles. The number of hydrogen-bond acceptors (Lipinski definition) is 6. The van der Waals surface area contributed by atoms with E-state index in [-0.39, 0.29) is 18.8 Å². The van der Waals surface area contributed by atoms with Gasteiger partial charge in [0.25, 0.3) is 0 Å². The Kier molecular flexibility index (Phi) is 6.48. The van der Waals surface area contributed by atoms with Gasteiger partial charge in [-0.3, -0.25) is 4.79 Å². The monoisotopic (exact) mass is 507 g/mol. The first-order valence-corrected chi connectivity index (χ1v) is 12.0. The van der Waals surface area contributed by atoms with Crippen molar-refractivity contribution in [3.05, 3.63) is 89.0 Å². The van der Waals surface area contributed by atoms with Crippen molar-refractivity contribution >= 4 is 60.7 Å². The second-order valence-corrected chi connectivity index (χ2v) is 9.36. The topological polar surface area (TPSA) is 84.3 Å². The molecule has 0 amide bonds. The van der Waals surface area contributed by atoms with Gasteiger partial charge in [-0.05, 0) is 53.9 Å². The molecule has 5 rings (SSSR count). The van der Waals surface area contributed by atoms with Gasteiger partial charge in [-0.2, -0.15) is 0 Å². The second kappa shape index (κ2) is 9.85. The third-order valence-corrected chi connectivity index (χ3v) is 6.80. The van der Waals surface area contributed by atoms with E-state index in [4.69, 9.17) is 21.4 Å². The summed E-state index contributed by atoms with van der Waals surface area (Å²) in [6.45, 7) is 0.201. The van der Waals surface area contributed by atoms with Crippen molar-refractivity contribution in [2.75, 3.05) is 5.32 Å². The molecule has 0 radical (unpaired) electrons. The summed E-state index contributed by atoms with van der Waals surface area (Å²) in [6.07, 6.45) is 2.07. The van der Waals surface area contributed by atoms with E-state index in [1.54, 1.807) is 24.3 Å². The van der Waals surface area contributed by atoms with Gasteiger partial charge in [0.15, 0.2) is 0 Å². The summed E-state index contributed by atoms with van der Waals surface area (Å²) in [5, 5.41) is 14.6. The Bertz CT molecular complexity index is 1560. The molecule has 0 aliphatic rings. The molecule has 0 saturated carbocycles. The fourth-order valence-electron chi connectivity index (χ4n) is 3.77. The smallest absolute Gasteiger partial charge is 0.303 e. The van der Waals surface area contributed by atoms with E-state index in [1.807, 2.05) is 24.3 Å². The van der Waals surface area contributed by atoms with E-state index in [0.717, 1.165) is 31.6 Å². The van der Waals surface area contributed by atoms with Crippen molar-refractivity contribution in [3.8, 4) is 5.75 Å². The number of nitrogens with one attached hydrogen (secondary N) is 1. The third kappa shape index (κ3) is 5.18. The maximum absolute atomic E-state index is 13.4. The molecule has 176 valence electrons. The number of nitrogens with zero attached hydrogens (tertiary/aromatic N) is 2. The first-order chi connectivity index (χ1) is 17.0. The highest BCUT2D eigenvalue weighted by Gasteiger charge is 2.14. The normalized spacial score (nSPS) is 11.1. The zero-order valence-corrected chi connectivity index (χ0v) is 19.9. The van der Waals surface area contributed by atoms with Crippen LogP contribution in [0.15, 0.2) is 67.0 Å². The van der Waals surface area contributed by atoms with Gasteiger partial charge in [0.2, 0.25) is 0 Å². The number of carbonyl (C=O) groups is 1. The van der Waals surface area contributed by atoms with Crippen molar-refractivity contribution in [2.24, 2.45) is 0 Å². The van der Waals surface area contributed by atoms with Crippen LogP contribution in [-0.4, -0.2) is 21.0 Å². The minimum atomic E-state index is -0.817. The maximum Gasteiger partial charge on any atom is 0.303 e. The Hall–Kier alpha value is -3.75. The van der Waals surface area contributed by atoms with Gasteiger partial charge in [0, 0.05) is 22.2 Å². The summed E-state index contributed by atoms with van der Waals surface area (Å²) >= 11 is 7.98. The van der Waals surface area contributed by atoms with Gasteiger partial charge >= 0.3 is 5.97 Å². The minimum Gasteiger partial charge on any atom is -0.487 e. The molecule has 0 atom stereocenters. The van der Waals surface area contributed by atoms with Crippen LogP contribution < -0.4 is 10.1 Å². The average Bonchev–Trinajstić information content (AvgIpc) is 3.21. The van der Waals surface area contributed by atoms with Gasteiger partial charge in [-0.25, -0.2) is 14.4 Å². The summed E-state index contributed by atoms with van der Waals surface area (Å²) in [5.41, 5.74) is 2.40. The van der Waals surface area contributed by atoms with Gasteiger partial charge in [0.05, 0.1) is 10.4 Å². The first-order valence-electron chi connectivity index (χ1n) is 10.8. The lowest BCUT2D eigenvalue weighted by Gasteiger charge is -2.11. The molecule has 0 fully saturated rings. The van der Waals surface area contributed by atoms with Crippen molar-refractivity contribution in [2.45, 2.75) is 19.4 Å². The molecule has 2 heterocycles. The summed E-state index contributed by atoms with van der Waals surface area (Å²) in [6, 6.07) is 17.5. The number of fused-ring (bicyclic) bond motifs is 3. The van der Waals surface area contributed by atoms with Crippen LogP contribution in [0, 0.1) is 5.82 Å². The third-order valence-electron chi connectivity index (χ3n) is 5.44. The number of thiophene rings is 1. The standard InChI is InChI=1S/C26H19ClFN3O3S/c27-20-12-18(6-8-21(20)34-13-16-2-1-3-17(28)10-16)31-25-24-19-7-4-15(5-9-23(32)33)11-22(19)35-26(24)30-14-29-25/h1-4,6-8,10-12,14H,5,9,13H2,(H,32,33)(H,29,30,31). The number of halogens is 2. The molecule has 0 saturated heterocycles. The fraction of sp³-hybridized carbons (Fsp3) is 0.115. The molecule has 3 aromatic carbocycles. The highest BCUT2D eigenvalue weighted by Crippen LogP contribution is 2.38. The van der Waals surface area contributed by atoms with Crippen LogP contribution in [-0.2, 0) is 17.8 Å². The Morgan fingerprint density at radius 1 is 1.09 bits per heavy atom. The van der Waals surface area contributed by atoms with Crippen molar-refractivity contribution in [1.29, 1.82) is 0 Å². The Balaban J connectivity index is 1.38. The van der Waals surface area contributed by atoms with Crippen LogP contribution in [0.25, 0.3) is 20.3 Å². The lowest BCUT2D eigenvalue weighted by atomic mass is 10.1. The Labute approximate surface area is 209 Å². The molecule has 0 aliphatic heterocycles. The van der Waals surface area contributed by atoms with Crippen LogP contribution in [0.4, 0.5) is 15.9 Å². The number of benzene rings is 3. The number of aromatic nitrogens is 2. The van der Waals surface area contributed by atoms with Crippen LogP contribution in [0.2, 0.25) is 5.02 Å². The van der Waals surface area contributed by atoms with Crippen LogP contribution in [0.3, 0.4) is 0 Å². The molecule has 9 heteroatoms. The Morgan fingerprint density at radius 3 is 2.77 bits per heavy atom. The highest BCUT2D eigenvalue weighted by molar-refractivity contribution is 7.25. The Morgan fingerprint density at radius 2 is 1.97 bits per heavy atom. The summed E-state index contributed by atoms with van der Waals surface area (Å²) in [4.78, 5) is 20.6. The SMILES string of the molecule is O=C(O)CCc1ccc2c(c1)sc1ncnc(Nc3ccc(OCc4cccc(F)c4)c(Cl)c3)c12. The number of aliphatic carboxylic acids is 1. The van der Waals surface area contributed by atoms with Crippen LogP contribution in [0.5, 0.6) is 5.75 Å². The quantitative estimate of drug-likeness (QED) is 0.236. The molecule has 5 aromatic rings. The largest absolute Gasteiger partial charge is 0.487 e. The number of ether oxygens (including phenoxy) is 1. The maximum atomic E-state index is 13.4. The molecule has 6 nitrogen and oxygen atoms in total. The average molecular weight is 508 g/mol. The number of rotatable bonds is 8. The molecule has 35 heavy (non-hydrogen) atoms. The van der Waals surface area contributed by atoms with Gasteiger partial charge in [-0.15, -0.1) is 11.3 Å². The van der Waals surface area contributed by atoms with E-state index in [1.165, 1.54) is 29.8 Å². The zero-order chi connectivity index (χ0) is 24.4. The van der Waals surface area contributed by atoms with Crippen molar-refractivity contribution < 1.29 is 19.0 Å². The number of aryl methyl sites for hydroxylation is 1. The lowest BCUT2D eigenvalue weighted by molar-refractivity contribution is -0.136. The molecule has 0 spiro atoms. The van der Waals surface area contributed by atoms with Crippen molar-refractivity contribution in [3.63, 3.8) is 0 Å². The van der Waals surface area contributed by atoms with Gasteiger partial charge in [-0.1, -0.05) is 35.9 Å². The van der Waals surface area contributed by atoms with E-state index >= 15 is 0 Å². The van der Waals surface area contributed by atoms with Crippen LogP contribution in [0.1, 0.15) is 17.5 Å². The van der Waals surface area contributed by atoms with Crippen LogP contribution >= 0.6 is 22.9 Å². The summed E-state index contributed by atoms with van der Waals surface area (Å²) in [5.74, 6) is 0.00130. The number of carboxylic acids is 1. The lowest BCUT2D eigenvalue weighted by Crippen LogP contribution is -1.98. The zero-order valence-electron chi connectivity index (χ0n) is 18.3. The predicted octanol–water partition coefficient (Wildman–Crippen LogP) is 6.98. The molecule has 0 unspecified atom stereocenters. The van der Waals surface area contributed by atoms with E-state index in [2.05, 4.69) is 15.3 Å². The molecule has 0 bridgehead atoms. The van der Waals surface area contributed by atoms with Crippen molar-refractivity contribution in [1.82, 2.24) is 9.97 Å². The van der Waals surface area contributed by atoms with E-state index in [9.17, 15) is 9.18 Å². The molecule has 0 aliphatic carbocycles. The number of anilines is 2. The number of hydrogen-bond donors (Lipinski definition) is 2. The predicted molar refractivity (Wildman–Crippen MR) is 136 cm³/mol. The van der Waals surface area contributed by atoms with Gasteiger partial charge in [0.1, 0.15) is 35.1 Å². The minimum absolute atomic E-state index is 0.0890. The fourth-order valence-corrected chi connectivity index (χ4v) is 5.12. The summed E-state index contributed by atoms with van der Waals surface area (Å²) in [7, 11) is 0. The molecular formula is C26H19ClFN3O3S. The summed E-state index contributed by atoms with van der Waals surface area (Å²) < 4.78 is 20.2. The second-order valence-electron chi connectivity index (χ2n) is 7.92. The number of carboxylic acid groups (broad SMARTS) is 1.